The zero-order chi connectivity index (χ0) is 16.0. The van der Waals surface area contributed by atoms with Crippen molar-refractivity contribution < 1.29 is 18.7 Å². The fraction of sp³-hybridized carbons (Fsp3) is 0.467. The number of benzene rings is 1. The van der Waals surface area contributed by atoms with E-state index in [0.29, 0.717) is 11.3 Å². The van der Waals surface area contributed by atoms with Crippen molar-refractivity contribution in [1.82, 2.24) is 5.32 Å². The van der Waals surface area contributed by atoms with E-state index in [4.69, 9.17) is 4.74 Å². The first-order valence-electron chi connectivity index (χ1n) is 6.70. The molecule has 0 fully saturated rings. The molecule has 0 bridgehead atoms. The van der Waals surface area contributed by atoms with Crippen LogP contribution < -0.4 is 10.6 Å². The van der Waals surface area contributed by atoms with Crippen LogP contribution in [0.4, 0.5) is 14.9 Å². The van der Waals surface area contributed by atoms with E-state index < -0.39 is 11.7 Å². The second kappa shape index (κ2) is 7.06. The van der Waals surface area contributed by atoms with E-state index >= 15 is 0 Å². The summed E-state index contributed by atoms with van der Waals surface area (Å²) in [5.41, 5.74) is 0.625. The van der Waals surface area contributed by atoms with Crippen LogP contribution in [0, 0.1) is 12.7 Å². The van der Waals surface area contributed by atoms with Crippen molar-refractivity contribution in [3.63, 3.8) is 0 Å². The number of anilines is 1. The third-order valence-electron chi connectivity index (χ3n) is 2.48. The highest BCUT2D eigenvalue weighted by molar-refractivity contribution is 5.91. The molecule has 1 rings (SSSR count). The molecule has 0 radical (unpaired) electrons. The number of aryl methyl sites for hydroxylation is 1. The average molecular weight is 296 g/mol. The number of ether oxygens (including phenoxy) is 1. The zero-order valence-electron chi connectivity index (χ0n) is 12.7. The Morgan fingerprint density at radius 2 is 1.95 bits per heavy atom. The van der Waals surface area contributed by atoms with Gasteiger partial charge in [0, 0.05) is 18.7 Å². The van der Waals surface area contributed by atoms with Gasteiger partial charge in [-0.15, -0.1) is 0 Å². The van der Waals surface area contributed by atoms with Gasteiger partial charge in [0.25, 0.3) is 0 Å². The Labute approximate surface area is 123 Å². The summed E-state index contributed by atoms with van der Waals surface area (Å²) in [6, 6.07) is 4.12. The minimum atomic E-state index is -0.572. The van der Waals surface area contributed by atoms with Crippen molar-refractivity contribution in [2.24, 2.45) is 0 Å². The standard InChI is InChI=1S/C15H21FN2O3/c1-10-9-11(16)5-6-12(10)18-13(19)7-8-17-14(20)21-15(2,3)4/h5-6,9H,7-8H2,1-4H3,(H,17,20)(H,18,19). The number of carbonyl (C=O) groups excluding carboxylic acids is 2. The van der Waals surface area contributed by atoms with Crippen LogP contribution in [0.25, 0.3) is 0 Å². The van der Waals surface area contributed by atoms with Gasteiger partial charge in [-0.2, -0.15) is 0 Å². The molecule has 0 aliphatic rings. The Morgan fingerprint density at radius 1 is 1.29 bits per heavy atom. The normalized spacial score (nSPS) is 10.9. The minimum Gasteiger partial charge on any atom is -0.444 e. The number of rotatable bonds is 4. The summed E-state index contributed by atoms with van der Waals surface area (Å²) in [7, 11) is 0. The van der Waals surface area contributed by atoms with Gasteiger partial charge in [-0.1, -0.05) is 0 Å². The molecular formula is C15H21FN2O3. The summed E-state index contributed by atoms with van der Waals surface area (Å²) in [6.45, 7) is 7.16. The molecule has 1 aromatic rings. The van der Waals surface area contributed by atoms with Crippen LogP contribution in [0.5, 0.6) is 0 Å². The Morgan fingerprint density at radius 3 is 2.52 bits per heavy atom. The lowest BCUT2D eigenvalue weighted by atomic mass is 10.2. The van der Waals surface area contributed by atoms with E-state index in [1.807, 2.05) is 0 Å². The Hall–Kier alpha value is -2.11. The smallest absolute Gasteiger partial charge is 0.407 e. The average Bonchev–Trinajstić information content (AvgIpc) is 2.30. The molecule has 0 saturated carbocycles. The number of hydrogen-bond donors (Lipinski definition) is 2. The molecule has 0 heterocycles. The molecule has 0 aromatic heterocycles. The highest BCUT2D eigenvalue weighted by atomic mass is 19.1. The van der Waals surface area contributed by atoms with Crippen LogP contribution in [-0.2, 0) is 9.53 Å². The fourth-order valence-electron chi connectivity index (χ4n) is 1.57. The maximum absolute atomic E-state index is 12.9. The SMILES string of the molecule is Cc1cc(F)ccc1NC(=O)CCNC(=O)OC(C)(C)C. The maximum Gasteiger partial charge on any atom is 0.407 e. The number of halogens is 1. The molecule has 0 atom stereocenters. The second-order valence-corrected chi connectivity index (χ2v) is 5.69. The van der Waals surface area contributed by atoms with Gasteiger partial charge < -0.3 is 15.4 Å². The van der Waals surface area contributed by atoms with Crippen molar-refractivity contribution in [2.45, 2.75) is 39.7 Å². The Kier molecular flexibility index (Phi) is 5.69. The van der Waals surface area contributed by atoms with E-state index in [2.05, 4.69) is 10.6 Å². The highest BCUT2D eigenvalue weighted by Gasteiger charge is 2.15. The van der Waals surface area contributed by atoms with Crippen LogP contribution >= 0.6 is 0 Å². The predicted octanol–water partition coefficient (Wildman–Crippen LogP) is 2.99. The molecule has 0 unspecified atom stereocenters. The maximum atomic E-state index is 12.9. The predicted molar refractivity (Wildman–Crippen MR) is 78.6 cm³/mol. The summed E-state index contributed by atoms with van der Waals surface area (Å²) < 4.78 is 18.0. The van der Waals surface area contributed by atoms with Crippen molar-refractivity contribution in [3.8, 4) is 0 Å². The van der Waals surface area contributed by atoms with Crippen molar-refractivity contribution >= 4 is 17.7 Å². The molecule has 0 aliphatic carbocycles. The second-order valence-electron chi connectivity index (χ2n) is 5.69. The summed E-state index contributed by atoms with van der Waals surface area (Å²) in [5, 5.41) is 5.16. The van der Waals surface area contributed by atoms with Crippen LogP contribution in [0.3, 0.4) is 0 Å². The van der Waals surface area contributed by atoms with E-state index in [1.165, 1.54) is 18.2 Å². The molecule has 2 N–H and O–H groups in total. The third-order valence-corrected chi connectivity index (χ3v) is 2.48. The first-order valence-corrected chi connectivity index (χ1v) is 6.70. The highest BCUT2D eigenvalue weighted by Crippen LogP contribution is 2.15. The molecule has 1 aromatic carbocycles. The van der Waals surface area contributed by atoms with Gasteiger partial charge in [0.15, 0.2) is 0 Å². The summed E-state index contributed by atoms with van der Waals surface area (Å²) in [6.07, 6.45) is -0.455. The lowest BCUT2D eigenvalue weighted by Gasteiger charge is -2.19. The minimum absolute atomic E-state index is 0.107. The zero-order valence-corrected chi connectivity index (χ0v) is 12.7. The van der Waals surface area contributed by atoms with E-state index in [1.54, 1.807) is 27.7 Å². The van der Waals surface area contributed by atoms with Crippen molar-refractivity contribution in [2.75, 3.05) is 11.9 Å². The molecule has 0 saturated heterocycles. The molecule has 21 heavy (non-hydrogen) atoms. The lowest BCUT2D eigenvalue weighted by molar-refractivity contribution is -0.116. The van der Waals surface area contributed by atoms with Crippen LogP contribution in [0.2, 0.25) is 0 Å². The van der Waals surface area contributed by atoms with Gasteiger partial charge in [0.1, 0.15) is 11.4 Å². The van der Waals surface area contributed by atoms with E-state index in [9.17, 15) is 14.0 Å². The first-order chi connectivity index (χ1) is 9.67. The number of amides is 2. The summed E-state index contributed by atoms with van der Waals surface area (Å²) >= 11 is 0. The topological polar surface area (TPSA) is 67.4 Å². The molecule has 5 nitrogen and oxygen atoms in total. The monoisotopic (exact) mass is 296 g/mol. The van der Waals surface area contributed by atoms with E-state index in [-0.39, 0.29) is 24.7 Å². The number of nitrogens with one attached hydrogen (secondary N) is 2. The molecule has 0 spiro atoms. The summed E-state index contributed by atoms with van der Waals surface area (Å²) in [4.78, 5) is 23.1. The van der Waals surface area contributed by atoms with Gasteiger partial charge >= 0.3 is 6.09 Å². The van der Waals surface area contributed by atoms with Crippen LogP contribution in [0.15, 0.2) is 18.2 Å². The molecule has 116 valence electrons. The summed E-state index contributed by atoms with van der Waals surface area (Å²) in [5.74, 6) is -0.613. The first kappa shape index (κ1) is 16.9. The number of hydrogen-bond acceptors (Lipinski definition) is 3. The largest absolute Gasteiger partial charge is 0.444 e. The van der Waals surface area contributed by atoms with Gasteiger partial charge in [-0.05, 0) is 51.5 Å². The van der Waals surface area contributed by atoms with Crippen molar-refractivity contribution in [1.29, 1.82) is 0 Å². The number of alkyl carbamates (subject to hydrolysis) is 1. The van der Waals surface area contributed by atoms with Crippen molar-refractivity contribution in [3.05, 3.63) is 29.6 Å². The van der Waals surface area contributed by atoms with Gasteiger partial charge in [0.2, 0.25) is 5.91 Å². The molecular weight excluding hydrogens is 275 g/mol. The quantitative estimate of drug-likeness (QED) is 0.897. The Bertz CT molecular complexity index is 524. The third kappa shape index (κ3) is 6.74. The molecule has 6 heteroatoms. The fourth-order valence-corrected chi connectivity index (χ4v) is 1.57. The van der Waals surface area contributed by atoms with Gasteiger partial charge in [-0.25, -0.2) is 9.18 Å². The van der Waals surface area contributed by atoms with E-state index in [0.717, 1.165) is 0 Å². The van der Waals surface area contributed by atoms with Crippen LogP contribution in [0.1, 0.15) is 32.8 Å². The molecule has 2 amide bonds. The lowest BCUT2D eigenvalue weighted by Crippen LogP contribution is -2.34. The number of carbonyl (C=O) groups is 2. The molecule has 0 aliphatic heterocycles. The van der Waals surface area contributed by atoms with Gasteiger partial charge in [-0.3, -0.25) is 4.79 Å². The Balaban J connectivity index is 2.36. The van der Waals surface area contributed by atoms with Gasteiger partial charge in [0.05, 0.1) is 0 Å². The van der Waals surface area contributed by atoms with Crippen LogP contribution in [-0.4, -0.2) is 24.1 Å².